The smallest absolute Gasteiger partial charge is 0.0747 e. The van der Waals surface area contributed by atoms with Crippen molar-refractivity contribution >= 4 is 0 Å². The lowest BCUT2D eigenvalue weighted by Crippen LogP contribution is -2.59. The zero-order valence-electron chi connectivity index (χ0n) is 10.7. The van der Waals surface area contributed by atoms with Crippen molar-refractivity contribution in [1.29, 1.82) is 0 Å². The average Bonchev–Trinajstić information content (AvgIpc) is 2.11. The summed E-state index contributed by atoms with van der Waals surface area (Å²) in [6, 6.07) is 0. The van der Waals surface area contributed by atoms with Gasteiger partial charge in [0.1, 0.15) is 0 Å². The van der Waals surface area contributed by atoms with Gasteiger partial charge in [-0.25, -0.2) is 0 Å². The molecular weight excluding hydrogens is 186 g/mol. The van der Waals surface area contributed by atoms with Crippen molar-refractivity contribution in [1.82, 2.24) is 4.90 Å². The third-order valence-electron chi connectivity index (χ3n) is 4.06. The summed E-state index contributed by atoms with van der Waals surface area (Å²) in [7, 11) is 2.18. The maximum atomic E-state index is 9.90. The van der Waals surface area contributed by atoms with Crippen LogP contribution in [0.2, 0.25) is 0 Å². The maximum Gasteiger partial charge on any atom is 0.0747 e. The van der Waals surface area contributed by atoms with E-state index >= 15 is 0 Å². The van der Waals surface area contributed by atoms with E-state index in [4.69, 9.17) is 0 Å². The van der Waals surface area contributed by atoms with Crippen LogP contribution in [0.15, 0.2) is 12.7 Å². The van der Waals surface area contributed by atoms with Crippen molar-refractivity contribution in [2.24, 2.45) is 5.92 Å². The summed E-state index contributed by atoms with van der Waals surface area (Å²) in [4.78, 5) is 2.42. The predicted molar refractivity (Wildman–Crippen MR) is 64.8 cm³/mol. The van der Waals surface area contributed by atoms with Crippen LogP contribution >= 0.6 is 0 Å². The second-order valence-corrected chi connectivity index (χ2v) is 6.08. The topological polar surface area (TPSA) is 23.5 Å². The number of nitrogens with zero attached hydrogens (tertiary/aromatic N) is 1. The van der Waals surface area contributed by atoms with Crippen molar-refractivity contribution in [3.63, 3.8) is 0 Å². The molecule has 2 nitrogen and oxygen atoms in total. The van der Waals surface area contributed by atoms with Crippen molar-refractivity contribution in [3.05, 3.63) is 12.7 Å². The molecule has 1 rings (SSSR count). The lowest BCUT2D eigenvalue weighted by atomic mass is 9.72. The molecule has 0 saturated carbocycles. The quantitative estimate of drug-likeness (QED) is 0.709. The Labute approximate surface area is 94.0 Å². The third-order valence-corrected chi connectivity index (χ3v) is 4.06. The molecule has 15 heavy (non-hydrogen) atoms. The average molecular weight is 211 g/mol. The van der Waals surface area contributed by atoms with E-state index in [0.29, 0.717) is 5.92 Å². The minimum Gasteiger partial charge on any atom is -0.389 e. The highest BCUT2D eigenvalue weighted by molar-refractivity contribution is 5.02. The Morgan fingerprint density at radius 2 is 1.67 bits per heavy atom. The van der Waals surface area contributed by atoms with Crippen LogP contribution in [0.4, 0.5) is 0 Å². The number of aliphatic hydroxyl groups is 1. The monoisotopic (exact) mass is 211 g/mol. The van der Waals surface area contributed by atoms with Crippen LogP contribution in [0, 0.1) is 5.92 Å². The van der Waals surface area contributed by atoms with E-state index in [0.717, 1.165) is 12.8 Å². The van der Waals surface area contributed by atoms with E-state index in [2.05, 4.69) is 46.2 Å². The Hall–Kier alpha value is -0.340. The van der Waals surface area contributed by atoms with Crippen LogP contribution in [-0.2, 0) is 0 Å². The van der Waals surface area contributed by atoms with Gasteiger partial charge in [-0.2, -0.15) is 0 Å². The highest BCUT2D eigenvalue weighted by Gasteiger charge is 2.44. The highest BCUT2D eigenvalue weighted by Crippen LogP contribution is 2.41. The number of hydrogen-bond acceptors (Lipinski definition) is 2. The van der Waals surface area contributed by atoms with Crippen molar-refractivity contribution in [3.8, 4) is 0 Å². The fourth-order valence-electron chi connectivity index (χ4n) is 2.88. The summed E-state index contributed by atoms with van der Waals surface area (Å²) in [5.41, 5.74) is 0.298. The second kappa shape index (κ2) is 3.91. The molecule has 1 atom stereocenters. The summed E-state index contributed by atoms with van der Waals surface area (Å²) in [6.45, 7) is 12.7. The van der Waals surface area contributed by atoms with Crippen LogP contribution in [0.3, 0.4) is 0 Å². The Morgan fingerprint density at radius 1 is 1.27 bits per heavy atom. The fraction of sp³-hybridized carbons (Fsp3) is 0.846. The Morgan fingerprint density at radius 3 is 2.00 bits per heavy atom. The van der Waals surface area contributed by atoms with Gasteiger partial charge in [0.2, 0.25) is 0 Å². The van der Waals surface area contributed by atoms with Gasteiger partial charge in [0.15, 0.2) is 0 Å². The van der Waals surface area contributed by atoms with E-state index < -0.39 is 0 Å². The van der Waals surface area contributed by atoms with Crippen LogP contribution in [0.1, 0.15) is 40.5 Å². The molecule has 1 N–H and O–H groups in total. The number of likely N-dealkylation sites (tertiary alicyclic amines) is 1. The largest absolute Gasteiger partial charge is 0.389 e. The number of piperidine rings is 1. The molecular formula is C13H25NO. The molecule has 1 unspecified atom stereocenters. The minimum absolute atomic E-state index is 0.149. The van der Waals surface area contributed by atoms with Gasteiger partial charge >= 0.3 is 0 Å². The van der Waals surface area contributed by atoms with Crippen LogP contribution in [-0.4, -0.2) is 34.2 Å². The Kier molecular flexibility index (Phi) is 3.32. The van der Waals surface area contributed by atoms with E-state index in [-0.39, 0.29) is 17.2 Å². The van der Waals surface area contributed by atoms with Gasteiger partial charge in [0.25, 0.3) is 0 Å². The molecule has 1 saturated heterocycles. The van der Waals surface area contributed by atoms with Gasteiger partial charge in [-0.15, -0.1) is 6.58 Å². The molecule has 1 heterocycles. The molecule has 0 spiro atoms. The lowest BCUT2D eigenvalue weighted by Gasteiger charge is -2.54. The predicted octanol–water partition coefficient (Wildman–Crippen LogP) is 2.43. The highest BCUT2D eigenvalue weighted by atomic mass is 16.3. The number of aliphatic hydroxyl groups excluding tert-OH is 1. The van der Waals surface area contributed by atoms with E-state index in [1.165, 1.54) is 0 Å². The third kappa shape index (κ3) is 2.43. The molecule has 1 fully saturated rings. The molecule has 88 valence electrons. The lowest BCUT2D eigenvalue weighted by molar-refractivity contribution is -0.0543. The molecule has 2 heteroatoms. The van der Waals surface area contributed by atoms with Crippen LogP contribution in [0.5, 0.6) is 0 Å². The summed E-state index contributed by atoms with van der Waals surface area (Å²) in [5, 5.41) is 9.90. The van der Waals surface area contributed by atoms with Crippen molar-refractivity contribution < 1.29 is 5.11 Å². The van der Waals surface area contributed by atoms with Crippen LogP contribution < -0.4 is 0 Å². The number of hydrogen-bond donors (Lipinski definition) is 1. The fourth-order valence-corrected chi connectivity index (χ4v) is 2.88. The van der Waals surface area contributed by atoms with E-state index in [1.54, 1.807) is 6.08 Å². The molecule has 0 aromatic carbocycles. The van der Waals surface area contributed by atoms with E-state index in [9.17, 15) is 5.11 Å². The van der Waals surface area contributed by atoms with Gasteiger partial charge in [-0.1, -0.05) is 6.08 Å². The van der Waals surface area contributed by atoms with Crippen molar-refractivity contribution in [2.45, 2.75) is 57.7 Å². The van der Waals surface area contributed by atoms with Crippen LogP contribution in [0.25, 0.3) is 0 Å². The zero-order valence-corrected chi connectivity index (χ0v) is 10.7. The van der Waals surface area contributed by atoms with Gasteiger partial charge in [0.05, 0.1) is 6.10 Å². The molecule has 0 radical (unpaired) electrons. The summed E-state index contributed by atoms with van der Waals surface area (Å²) in [5.74, 6) is 0.337. The SMILES string of the molecule is C=CC(O)C1CC(C)(C)N(C)C(C)(C)C1. The van der Waals surface area contributed by atoms with Crippen molar-refractivity contribution in [2.75, 3.05) is 7.05 Å². The van der Waals surface area contributed by atoms with Gasteiger partial charge in [-0.05, 0) is 53.5 Å². The molecule has 0 amide bonds. The maximum absolute atomic E-state index is 9.90. The Bertz CT molecular complexity index is 227. The summed E-state index contributed by atoms with van der Waals surface area (Å²) in [6.07, 6.45) is 3.36. The molecule has 0 bridgehead atoms. The van der Waals surface area contributed by atoms with E-state index in [1.807, 2.05) is 0 Å². The molecule has 1 aliphatic rings. The first-order valence-electron chi connectivity index (χ1n) is 5.75. The summed E-state index contributed by atoms with van der Waals surface area (Å²) < 4.78 is 0. The zero-order chi connectivity index (χ0) is 11.9. The van der Waals surface area contributed by atoms with Gasteiger partial charge in [0, 0.05) is 11.1 Å². The molecule has 0 aromatic heterocycles. The summed E-state index contributed by atoms with van der Waals surface area (Å²) >= 11 is 0. The first-order chi connectivity index (χ1) is 6.70. The first kappa shape index (κ1) is 12.7. The molecule has 1 aliphatic heterocycles. The van der Waals surface area contributed by atoms with Gasteiger partial charge < -0.3 is 5.11 Å². The molecule has 0 aliphatic carbocycles. The first-order valence-corrected chi connectivity index (χ1v) is 5.75. The molecule has 0 aromatic rings. The second-order valence-electron chi connectivity index (χ2n) is 6.08. The normalized spacial score (nSPS) is 28.7. The number of rotatable bonds is 2. The Balaban J connectivity index is 2.88. The van der Waals surface area contributed by atoms with Gasteiger partial charge in [-0.3, -0.25) is 4.90 Å². The minimum atomic E-state index is -0.364. The standard InChI is InChI=1S/C13H25NO/c1-7-11(15)10-8-12(2,3)14(6)13(4,5)9-10/h7,10-11,15H,1,8-9H2,2-6H3.